The molecule has 0 N–H and O–H groups in total. The second-order valence-corrected chi connectivity index (χ2v) is 8.76. The van der Waals surface area contributed by atoms with Crippen molar-refractivity contribution in [3.05, 3.63) is 52.1 Å². The Hall–Kier alpha value is 0.900. The molecule has 5 heteroatoms. The summed E-state index contributed by atoms with van der Waals surface area (Å²) in [7, 11) is 0. The molecule has 0 radical (unpaired) electrons. The van der Waals surface area contributed by atoms with E-state index in [2.05, 4.69) is 79.6 Å². The van der Waals surface area contributed by atoms with Crippen LogP contribution in [0, 0.1) is 10.5 Å². The molecule has 0 saturated heterocycles. The van der Waals surface area contributed by atoms with E-state index in [1.165, 1.54) is 14.0 Å². The maximum atomic E-state index is 6.58. The lowest BCUT2D eigenvalue weighted by atomic mass is 10.1. The minimum absolute atomic E-state index is 0.110. The van der Waals surface area contributed by atoms with Gasteiger partial charge in [-0.2, -0.15) is 0 Å². The molecule has 1 atom stereocenters. The zero-order valence-electron chi connectivity index (χ0n) is 8.81. The maximum Gasteiger partial charge on any atom is 0.0857 e. The van der Waals surface area contributed by atoms with Gasteiger partial charge in [-0.25, -0.2) is 0 Å². The lowest BCUT2D eigenvalue weighted by Crippen LogP contribution is -1.95. The second-order valence-electron chi connectivity index (χ2n) is 3.59. The normalized spacial score (nSPS) is 12.8. The summed E-state index contributed by atoms with van der Waals surface area (Å²) in [6.45, 7) is 2.10. The summed E-state index contributed by atoms with van der Waals surface area (Å²) >= 11 is 17.7. The van der Waals surface area contributed by atoms with Gasteiger partial charge in [-0.15, -0.1) is 22.9 Å². The van der Waals surface area contributed by atoms with E-state index >= 15 is 0 Å². The Morgan fingerprint density at radius 2 is 1.94 bits per heavy atom. The van der Waals surface area contributed by atoms with Crippen molar-refractivity contribution >= 4 is 77.4 Å². The van der Waals surface area contributed by atoms with Crippen LogP contribution in [-0.2, 0) is 0 Å². The molecule has 17 heavy (non-hydrogen) atoms. The van der Waals surface area contributed by atoms with E-state index in [1.807, 2.05) is 6.07 Å². The fraction of sp³-hybridized carbons (Fsp3) is 0.167. The molecule has 0 nitrogen and oxygen atoms in total. The van der Waals surface area contributed by atoms with Crippen LogP contribution in [0.3, 0.4) is 0 Å². The summed E-state index contributed by atoms with van der Waals surface area (Å²) in [6.07, 6.45) is 0. The van der Waals surface area contributed by atoms with E-state index < -0.39 is 0 Å². The summed E-state index contributed by atoms with van der Waals surface area (Å²) in [6, 6.07) is 8.33. The Balaban J connectivity index is 2.46. The summed E-state index contributed by atoms with van der Waals surface area (Å²) in [5, 5.41) is -0.110. The smallest absolute Gasteiger partial charge is 0.0857 e. The van der Waals surface area contributed by atoms with Crippen LogP contribution in [0.25, 0.3) is 0 Å². The van der Waals surface area contributed by atoms with Gasteiger partial charge in [-0.1, -0.05) is 15.9 Å². The van der Waals surface area contributed by atoms with Gasteiger partial charge in [0.15, 0.2) is 0 Å². The monoisotopic (exact) mass is 504 g/mol. The third-order valence-electron chi connectivity index (χ3n) is 2.43. The molecule has 0 spiro atoms. The highest BCUT2D eigenvalue weighted by molar-refractivity contribution is 14.1. The summed E-state index contributed by atoms with van der Waals surface area (Å²) < 4.78 is 3.37. The molecule has 0 aliphatic carbocycles. The first-order valence-corrected chi connectivity index (χ1v) is 8.75. The molecular weight excluding hydrogens is 498 g/mol. The Morgan fingerprint density at radius 3 is 2.53 bits per heavy atom. The van der Waals surface area contributed by atoms with Gasteiger partial charge in [0.25, 0.3) is 0 Å². The molecule has 0 aliphatic heterocycles. The fourth-order valence-corrected chi connectivity index (χ4v) is 4.93. The van der Waals surface area contributed by atoms with E-state index in [9.17, 15) is 0 Å². The zero-order chi connectivity index (χ0) is 12.6. The van der Waals surface area contributed by atoms with Gasteiger partial charge in [0, 0.05) is 12.9 Å². The first-order valence-electron chi connectivity index (χ1n) is 4.84. The van der Waals surface area contributed by atoms with Gasteiger partial charge < -0.3 is 0 Å². The first-order chi connectivity index (χ1) is 7.99. The molecule has 0 fully saturated rings. The number of hydrogen-bond acceptors (Lipinski definition) is 1. The van der Waals surface area contributed by atoms with E-state index in [0.717, 1.165) is 13.8 Å². The molecule has 1 aromatic heterocycles. The van der Waals surface area contributed by atoms with Crippen LogP contribution in [0.1, 0.15) is 21.4 Å². The van der Waals surface area contributed by atoms with Crippen LogP contribution in [0.2, 0.25) is 0 Å². The van der Waals surface area contributed by atoms with Crippen LogP contribution >= 0.6 is 77.4 Å². The number of benzene rings is 1. The van der Waals surface area contributed by atoms with E-state index in [-0.39, 0.29) is 5.38 Å². The highest BCUT2D eigenvalue weighted by Crippen LogP contribution is 2.40. The quantitative estimate of drug-likeness (QED) is 0.322. The van der Waals surface area contributed by atoms with Crippen LogP contribution < -0.4 is 0 Å². The standard InChI is InChI=1S/C12H8Br2ClIS/c1-6-8(5-11(14)17-6)12(15)9-4-7(16)2-3-10(9)13/h2-5,12H,1H3. The highest BCUT2D eigenvalue weighted by Gasteiger charge is 2.18. The SMILES string of the molecule is Cc1sc(Br)cc1C(Cl)c1cc(I)ccc1Br. The Bertz CT molecular complexity index is 553. The van der Waals surface area contributed by atoms with E-state index in [4.69, 9.17) is 11.6 Å². The summed E-state index contributed by atoms with van der Waals surface area (Å²) in [4.78, 5) is 1.25. The second kappa shape index (κ2) is 5.90. The predicted molar refractivity (Wildman–Crippen MR) is 91.3 cm³/mol. The number of hydrogen-bond donors (Lipinski definition) is 0. The van der Waals surface area contributed by atoms with Gasteiger partial charge in [0.2, 0.25) is 0 Å². The predicted octanol–water partition coefficient (Wildman–Crippen LogP) is 6.51. The van der Waals surface area contributed by atoms with E-state index in [1.54, 1.807) is 11.3 Å². The fourth-order valence-electron chi connectivity index (χ4n) is 1.59. The minimum atomic E-state index is -0.110. The first kappa shape index (κ1) is 14.3. The Labute approximate surface area is 140 Å². The van der Waals surface area contributed by atoms with Crippen molar-refractivity contribution in [1.29, 1.82) is 0 Å². The molecule has 0 amide bonds. The van der Waals surface area contributed by atoms with Crippen molar-refractivity contribution in [3.8, 4) is 0 Å². The molecule has 1 unspecified atom stereocenters. The largest absolute Gasteiger partial charge is 0.133 e. The number of thiophene rings is 1. The molecule has 1 heterocycles. The molecule has 0 bridgehead atoms. The molecule has 0 aliphatic rings. The van der Waals surface area contributed by atoms with Gasteiger partial charge in [0.1, 0.15) is 0 Å². The zero-order valence-corrected chi connectivity index (χ0v) is 15.7. The van der Waals surface area contributed by atoms with Crippen LogP contribution in [0.15, 0.2) is 32.5 Å². The molecule has 2 rings (SSSR count). The Morgan fingerprint density at radius 1 is 1.24 bits per heavy atom. The van der Waals surface area contributed by atoms with Crippen molar-refractivity contribution < 1.29 is 0 Å². The molecule has 90 valence electrons. The molecule has 2 aromatic rings. The van der Waals surface area contributed by atoms with Crippen molar-refractivity contribution in [2.75, 3.05) is 0 Å². The third kappa shape index (κ3) is 3.26. The van der Waals surface area contributed by atoms with Crippen LogP contribution in [0.4, 0.5) is 0 Å². The average Bonchev–Trinajstić information content (AvgIpc) is 2.60. The molecule has 0 saturated carbocycles. The maximum absolute atomic E-state index is 6.58. The molecule has 1 aromatic carbocycles. The van der Waals surface area contributed by atoms with Gasteiger partial charge >= 0.3 is 0 Å². The number of rotatable bonds is 2. The minimum Gasteiger partial charge on any atom is -0.133 e. The summed E-state index contributed by atoms with van der Waals surface area (Å²) in [5.74, 6) is 0. The lowest BCUT2D eigenvalue weighted by molar-refractivity contribution is 1.12. The Kier molecular flexibility index (Phi) is 4.97. The average molecular weight is 506 g/mol. The van der Waals surface area contributed by atoms with Gasteiger partial charge in [0.05, 0.1) is 9.16 Å². The van der Waals surface area contributed by atoms with Crippen LogP contribution in [0.5, 0.6) is 0 Å². The molecular formula is C12H8Br2ClIS. The number of alkyl halides is 1. The summed E-state index contributed by atoms with van der Waals surface area (Å²) in [5.41, 5.74) is 2.29. The highest BCUT2D eigenvalue weighted by atomic mass is 127. The van der Waals surface area contributed by atoms with Crippen molar-refractivity contribution in [2.24, 2.45) is 0 Å². The van der Waals surface area contributed by atoms with E-state index in [0.29, 0.717) is 0 Å². The van der Waals surface area contributed by atoms with Crippen molar-refractivity contribution in [1.82, 2.24) is 0 Å². The van der Waals surface area contributed by atoms with Crippen molar-refractivity contribution in [3.63, 3.8) is 0 Å². The van der Waals surface area contributed by atoms with Gasteiger partial charge in [-0.3, -0.25) is 0 Å². The third-order valence-corrected chi connectivity index (χ3v) is 5.86. The van der Waals surface area contributed by atoms with Crippen LogP contribution in [-0.4, -0.2) is 0 Å². The van der Waals surface area contributed by atoms with Gasteiger partial charge in [-0.05, 0) is 80.8 Å². The number of aryl methyl sites for hydroxylation is 1. The van der Waals surface area contributed by atoms with Crippen molar-refractivity contribution in [2.45, 2.75) is 12.3 Å². The lowest BCUT2D eigenvalue weighted by Gasteiger charge is -2.12. The number of halogens is 4. The topological polar surface area (TPSA) is 0 Å².